The van der Waals surface area contributed by atoms with Crippen molar-refractivity contribution in [2.24, 2.45) is 0 Å². The van der Waals surface area contributed by atoms with E-state index in [1.165, 1.54) is 5.56 Å². The van der Waals surface area contributed by atoms with Crippen LogP contribution in [0.2, 0.25) is 0 Å². The number of hydrogen-bond acceptors (Lipinski definition) is 3. The molecule has 1 atom stereocenters. The SMILES string of the molecule is Cc1ccc(C)c(C(=O)NCC(c2ccsc2)N(C)C)c1. The smallest absolute Gasteiger partial charge is 0.251 e. The Morgan fingerprint density at radius 3 is 2.67 bits per heavy atom. The van der Waals surface area contributed by atoms with Gasteiger partial charge < -0.3 is 10.2 Å². The molecule has 112 valence electrons. The molecule has 1 unspecified atom stereocenters. The Bertz CT molecular complexity index is 605. The molecule has 0 aliphatic rings. The molecule has 1 N–H and O–H groups in total. The third kappa shape index (κ3) is 3.93. The summed E-state index contributed by atoms with van der Waals surface area (Å²) in [5.74, 6) is -0.00159. The Balaban J connectivity index is 2.07. The van der Waals surface area contributed by atoms with Crippen molar-refractivity contribution in [1.29, 1.82) is 0 Å². The second kappa shape index (κ2) is 6.87. The van der Waals surface area contributed by atoms with Gasteiger partial charge in [0.2, 0.25) is 0 Å². The van der Waals surface area contributed by atoms with E-state index in [1.807, 2.05) is 46.1 Å². The monoisotopic (exact) mass is 302 g/mol. The van der Waals surface area contributed by atoms with E-state index in [-0.39, 0.29) is 11.9 Å². The van der Waals surface area contributed by atoms with E-state index in [2.05, 4.69) is 27.0 Å². The number of likely N-dealkylation sites (N-methyl/N-ethyl adjacent to an activating group) is 1. The van der Waals surface area contributed by atoms with E-state index < -0.39 is 0 Å². The van der Waals surface area contributed by atoms with Gasteiger partial charge >= 0.3 is 0 Å². The highest BCUT2D eigenvalue weighted by Crippen LogP contribution is 2.20. The standard InChI is InChI=1S/C17H22N2OS/c1-12-5-6-13(2)15(9-12)17(20)18-10-16(19(3)4)14-7-8-21-11-14/h5-9,11,16H,10H2,1-4H3,(H,18,20). The van der Waals surface area contributed by atoms with Crippen LogP contribution < -0.4 is 5.32 Å². The first-order valence-electron chi connectivity index (χ1n) is 7.03. The second-order valence-corrected chi connectivity index (χ2v) is 6.34. The summed E-state index contributed by atoms with van der Waals surface area (Å²) in [7, 11) is 4.07. The molecular weight excluding hydrogens is 280 g/mol. The summed E-state index contributed by atoms with van der Waals surface area (Å²) in [4.78, 5) is 14.5. The molecule has 21 heavy (non-hydrogen) atoms. The van der Waals surface area contributed by atoms with Gasteiger partial charge in [0, 0.05) is 12.1 Å². The summed E-state index contributed by atoms with van der Waals surface area (Å²) < 4.78 is 0. The average Bonchev–Trinajstić information content (AvgIpc) is 2.95. The fourth-order valence-corrected chi connectivity index (χ4v) is 3.04. The molecule has 0 saturated heterocycles. The van der Waals surface area contributed by atoms with Crippen molar-refractivity contribution < 1.29 is 4.79 Å². The van der Waals surface area contributed by atoms with Crippen LogP contribution >= 0.6 is 11.3 Å². The number of aryl methyl sites for hydroxylation is 2. The maximum atomic E-state index is 12.4. The minimum atomic E-state index is -0.00159. The number of amides is 1. The molecule has 2 rings (SSSR count). The molecule has 3 nitrogen and oxygen atoms in total. The van der Waals surface area contributed by atoms with Crippen LogP contribution in [-0.2, 0) is 0 Å². The minimum absolute atomic E-state index is 0.00159. The van der Waals surface area contributed by atoms with Gasteiger partial charge in [-0.3, -0.25) is 4.79 Å². The third-order valence-corrected chi connectivity index (χ3v) is 4.35. The predicted molar refractivity (Wildman–Crippen MR) is 89.0 cm³/mol. The van der Waals surface area contributed by atoms with Crippen LogP contribution in [0.15, 0.2) is 35.0 Å². The van der Waals surface area contributed by atoms with E-state index >= 15 is 0 Å². The van der Waals surface area contributed by atoms with Crippen LogP contribution in [0.25, 0.3) is 0 Å². The summed E-state index contributed by atoms with van der Waals surface area (Å²) in [6, 6.07) is 8.27. The zero-order chi connectivity index (χ0) is 15.4. The number of nitrogens with zero attached hydrogens (tertiary/aromatic N) is 1. The van der Waals surface area contributed by atoms with Gasteiger partial charge in [-0.2, -0.15) is 11.3 Å². The van der Waals surface area contributed by atoms with Crippen molar-refractivity contribution >= 4 is 17.2 Å². The Morgan fingerprint density at radius 1 is 1.29 bits per heavy atom. The van der Waals surface area contributed by atoms with Gasteiger partial charge in [-0.15, -0.1) is 0 Å². The number of carbonyl (C=O) groups is 1. The molecule has 2 aromatic rings. The fourth-order valence-electron chi connectivity index (χ4n) is 2.33. The van der Waals surface area contributed by atoms with Crippen LogP contribution in [0, 0.1) is 13.8 Å². The quantitative estimate of drug-likeness (QED) is 0.918. The average molecular weight is 302 g/mol. The molecule has 0 radical (unpaired) electrons. The first-order valence-corrected chi connectivity index (χ1v) is 7.97. The van der Waals surface area contributed by atoms with Crippen molar-refractivity contribution in [3.63, 3.8) is 0 Å². The summed E-state index contributed by atoms with van der Waals surface area (Å²) in [5, 5.41) is 7.26. The molecule has 1 amide bonds. The van der Waals surface area contributed by atoms with Crippen molar-refractivity contribution in [1.82, 2.24) is 10.2 Å². The maximum absolute atomic E-state index is 12.4. The predicted octanol–water partition coefficient (Wildman–Crippen LogP) is 3.40. The van der Waals surface area contributed by atoms with Gasteiger partial charge in [-0.25, -0.2) is 0 Å². The Hall–Kier alpha value is -1.65. The number of rotatable bonds is 5. The van der Waals surface area contributed by atoms with Crippen molar-refractivity contribution in [3.8, 4) is 0 Å². The summed E-state index contributed by atoms with van der Waals surface area (Å²) in [6.45, 7) is 4.58. The van der Waals surface area contributed by atoms with E-state index in [0.29, 0.717) is 6.54 Å². The molecule has 1 aromatic carbocycles. The van der Waals surface area contributed by atoms with Crippen molar-refractivity contribution in [2.45, 2.75) is 19.9 Å². The normalized spacial score (nSPS) is 12.4. The largest absolute Gasteiger partial charge is 0.350 e. The molecule has 0 bridgehead atoms. The number of nitrogens with one attached hydrogen (secondary N) is 1. The fraction of sp³-hybridized carbons (Fsp3) is 0.353. The number of thiophene rings is 1. The lowest BCUT2D eigenvalue weighted by atomic mass is 10.0. The van der Waals surface area contributed by atoms with Gasteiger partial charge in [-0.05, 0) is 62.0 Å². The maximum Gasteiger partial charge on any atom is 0.251 e. The molecule has 1 aromatic heterocycles. The number of hydrogen-bond donors (Lipinski definition) is 1. The van der Waals surface area contributed by atoms with E-state index in [0.717, 1.165) is 16.7 Å². The molecular formula is C17H22N2OS. The van der Waals surface area contributed by atoms with Gasteiger partial charge in [0.1, 0.15) is 0 Å². The van der Waals surface area contributed by atoms with Crippen LogP contribution in [0.4, 0.5) is 0 Å². The van der Waals surface area contributed by atoms with Crippen LogP contribution in [0.5, 0.6) is 0 Å². The lowest BCUT2D eigenvalue weighted by Crippen LogP contribution is -2.34. The van der Waals surface area contributed by atoms with Crippen LogP contribution in [-0.4, -0.2) is 31.4 Å². The highest BCUT2D eigenvalue weighted by Gasteiger charge is 2.17. The van der Waals surface area contributed by atoms with Gasteiger partial charge in [0.25, 0.3) is 5.91 Å². The first kappa shape index (κ1) is 15.7. The Labute approximate surface area is 130 Å². The minimum Gasteiger partial charge on any atom is -0.350 e. The molecule has 0 saturated carbocycles. The van der Waals surface area contributed by atoms with Crippen molar-refractivity contribution in [2.75, 3.05) is 20.6 Å². The third-order valence-electron chi connectivity index (χ3n) is 3.64. The van der Waals surface area contributed by atoms with Crippen LogP contribution in [0.3, 0.4) is 0 Å². The van der Waals surface area contributed by atoms with E-state index in [4.69, 9.17) is 0 Å². The first-order chi connectivity index (χ1) is 9.99. The van der Waals surface area contributed by atoms with E-state index in [9.17, 15) is 4.79 Å². The second-order valence-electron chi connectivity index (χ2n) is 5.56. The Morgan fingerprint density at radius 2 is 2.05 bits per heavy atom. The van der Waals surface area contributed by atoms with Gasteiger partial charge in [0.15, 0.2) is 0 Å². The highest BCUT2D eigenvalue weighted by molar-refractivity contribution is 7.07. The molecule has 0 fully saturated rings. The van der Waals surface area contributed by atoms with Crippen LogP contribution in [0.1, 0.15) is 33.1 Å². The molecule has 1 heterocycles. The summed E-state index contributed by atoms with van der Waals surface area (Å²) >= 11 is 1.68. The lowest BCUT2D eigenvalue weighted by molar-refractivity contribution is 0.0941. The molecule has 0 spiro atoms. The topological polar surface area (TPSA) is 32.3 Å². The highest BCUT2D eigenvalue weighted by atomic mass is 32.1. The summed E-state index contributed by atoms with van der Waals surface area (Å²) in [5.41, 5.74) is 4.12. The zero-order valence-electron chi connectivity index (χ0n) is 13.0. The molecule has 0 aliphatic carbocycles. The van der Waals surface area contributed by atoms with Gasteiger partial charge in [0.05, 0.1) is 6.04 Å². The Kier molecular flexibility index (Phi) is 5.15. The number of carbonyl (C=O) groups excluding carboxylic acids is 1. The van der Waals surface area contributed by atoms with Gasteiger partial charge in [-0.1, -0.05) is 17.7 Å². The lowest BCUT2D eigenvalue weighted by Gasteiger charge is -2.24. The zero-order valence-corrected chi connectivity index (χ0v) is 13.8. The summed E-state index contributed by atoms with van der Waals surface area (Å²) in [6.07, 6.45) is 0. The van der Waals surface area contributed by atoms with E-state index in [1.54, 1.807) is 11.3 Å². The van der Waals surface area contributed by atoms with Crippen molar-refractivity contribution in [3.05, 3.63) is 57.3 Å². The molecule has 4 heteroatoms. The molecule has 0 aliphatic heterocycles. The number of benzene rings is 1.